The van der Waals surface area contributed by atoms with Crippen molar-refractivity contribution < 1.29 is 24.3 Å². The number of hydrogen-bond acceptors (Lipinski definition) is 8. The molecular formula is C13H13N3O8. The predicted octanol–water partition coefficient (Wildman–Crippen LogP) is 2.98. The van der Waals surface area contributed by atoms with Crippen LogP contribution in [0.1, 0.15) is 31.9 Å². The van der Waals surface area contributed by atoms with Crippen LogP contribution in [-0.4, -0.2) is 20.7 Å². The molecule has 0 spiro atoms. The molecule has 0 amide bonds. The highest BCUT2D eigenvalue weighted by atomic mass is 16.6. The number of carbonyl (C=O) groups excluding carboxylic acids is 1. The minimum absolute atomic E-state index is 0.000618. The van der Waals surface area contributed by atoms with E-state index in [0.717, 1.165) is 0 Å². The van der Waals surface area contributed by atoms with Crippen molar-refractivity contribution in [3.05, 3.63) is 60.2 Å². The Balaban J connectivity index is 3.66. The lowest BCUT2D eigenvalue weighted by atomic mass is 10.0. The highest BCUT2D eigenvalue weighted by Crippen LogP contribution is 2.40. The number of esters is 1. The van der Waals surface area contributed by atoms with E-state index in [1.807, 2.05) is 0 Å². The number of hydrogen-bond donors (Lipinski definition) is 0. The molecule has 0 saturated heterocycles. The second-order valence-electron chi connectivity index (χ2n) is 4.75. The van der Waals surface area contributed by atoms with Crippen molar-refractivity contribution in [2.24, 2.45) is 0 Å². The van der Waals surface area contributed by atoms with Gasteiger partial charge in [-0.15, -0.1) is 0 Å². The molecule has 0 radical (unpaired) electrons. The van der Waals surface area contributed by atoms with Gasteiger partial charge < -0.3 is 4.74 Å². The number of carbonyl (C=O) groups is 1. The zero-order valence-corrected chi connectivity index (χ0v) is 12.8. The maximum atomic E-state index is 11.7. The third-order valence-corrected chi connectivity index (χ3v) is 3.02. The molecule has 0 bridgehead atoms. The molecule has 0 fully saturated rings. The molecule has 1 aromatic rings. The Bertz CT molecular complexity index is 708. The Morgan fingerprint density at radius 2 is 1.58 bits per heavy atom. The maximum absolute atomic E-state index is 11.7. The van der Waals surface area contributed by atoms with E-state index in [0.29, 0.717) is 12.1 Å². The summed E-state index contributed by atoms with van der Waals surface area (Å²) in [6, 6.07) is 1.19. The van der Waals surface area contributed by atoms with Crippen LogP contribution in [0.3, 0.4) is 0 Å². The van der Waals surface area contributed by atoms with Crippen LogP contribution < -0.4 is 0 Å². The zero-order chi connectivity index (χ0) is 18.6. The van der Waals surface area contributed by atoms with Crippen LogP contribution in [-0.2, 0) is 9.53 Å². The molecule has 0 aliphatic carbocycles. The van der Waals surface area contributed by atoms with Crippen LogP contribution in [0.2, 0.25) is 0 Å². The summed E-state index contributed by atoms with van der Waals surface area (Å²) in [5, 5.41) is 33.3. The van der Waals surface area contributed by atoms with E-state index < -0.39 is 49.5 Å². The van der Waals surface area contributed by atoms with Crippen LogP contribution in [0.4, 0.5) is 17.1 Å². The predicted molar refractivity (Wildman–Crippen MR) is 80.3 cm³/mol. The first-order valence-electron chi connectivity index (χ1n) is 6.57. The quantitative estimate of drug-likeness (QED) is 0.317. The van der Waals surface area contributed by atoms with E-state index in [1.54, 1.807) is 0 Å². The largest absolute Gasteiger partial charge is 0.454 e. The molecule has 0 aromatic heterocycles. The number of non-ortho nitro benzene ring substituents is 1. The summed E-state index contributed by atoms with van der Waals surface area (Å²) < 4.78 is 5.01. The lowest BCUT2D eigenvalue weighted by Gasteiger charge is -2.16. The van der Waals surface area contributed by atoms with Gasteiger partial charge in [-0.25, -0.2) is 4.79 Å². The summed E-state index contributed by atoms with van der Waals surface area (Å²) in [4.78, 5) is 41.9. The summed E-state index contributed by atoms with van der Waals surface area (Å²) in [7, 11) is 0. The summed E-state index contributed by atoms with van der Waals surface area (Å²) in [5.41, 5.74) is -3.04. The molecule has 0 aliphatic rings. The van der Waals surface area contributed by atoms with E-state index in [-0.39, 0.29) is 12.0 Å². The van der Waals surface area contributed by atoms with Gasteiger partial charge in [0.1, 0.15) is 11.7 Å². The SMILES string of the molecule is C=C(C)C(=O)OC(CC)c1c([N+](=O)[O-])cc([N+](=O)[O-])cc1[N+](=O)[O-]. The fraction of sp³-hybridized carbons (Fsp3) is 0.308. The number of nitrogens with zero attached hydrogens (tertiary/aromatic N) is 3. The van der Waals surface area contributed by atoms with Gasteiger partial charge in [0.15, 0.2) is 0 Å². The van der Waals surface area contributed by atoms with E-state index in [1.165, 1.54) is 13.8 Å². The maximum Gasteiger partial charge on any atom is 0.333 e. The first-order valence-corrected chi connectivity index (χ1v) is 6.57. The highest BCUT2D eigenvalue weighted by Gasteiger charge is 2.36. The van der Waals surface area contributed by atoms with Gasteiger partial charge in [0.05, 0.1) is 26.9 Å². The fourth-order valence-electron chi connectivity index (χ4n) is 1.92. The molecule has 1 atom stereocenters. The summed E-state index contributed by atoms with van der Waals surface area (Å²) in [5.74, 6) is -0.885. The summed E-state index contributed by atoms with van der Waals surface area (Å²) >= 11 is 0. The molecule has 24 heavy (non-hydrogen) atoms. The van der Waals surface area contributed by atoms with Gasteiger partial charge in [0.25, 0.3) is 17.1 Å². The van der Waals surface area contributed by atoms with Gasteiger partial charge in [-0.05, 0) is 13.3 Å². The molecular weight excluding hydrogens is 326 g/mol. The Kier molecular flexibility index (Phi) is 5.65. The molecule has 11 nitrogen and oxygen atoms in total. The molecule has 1 rings (SSSR count). The van der Waals surface area contributed by atoms with Gasteiger partial charge in [0.2, 0.25) is 0 Å². The van der Waals surface area contributed by atoms with E-state index in [4.69, 9.17) is 4.74 Å². The Morgan fingerprint density at radius 3 is 1.88 bits per heavy atom. The molecule has 0 heterocycles. The van der Waals surface area contributed by atoms with E-state index in [2.05, 4.69) is 6.58 Å². The molecule has 0 aliphatic heterocycles. The monoisotopic (exact) mass is 339 g/mol. The van der Waals surface area contributed by atoms with Crippen LogP contribution in [0.5, 0.6) is 0 Å². The first kappa shape index (κ1) is 18.7. The molecule has 1 unspecified atom stereocenters. The van der Waals surface area contributed by atoms with Gasteiger partial charge in [-0.3, -0.25) is 30.3 Å². The van der Waals surface area contributed by atoms with E-state index in [9.17, 15) is 35.1 Å². The second-order valence-corrected chi connectivity index (χ2v) is 4.75. The Hall–Kier alpha value is -3.37. The molecule has 0 saturated carbocycles. The topological polar surface area (TPSA) is 156 Å². The number of benzene rings is 1. The number of nitro benzene ring substituents is 3. The van der Waals surface area contributed by atoms with Crippen LogP contribution in [0, 0.1) is 30.3 Å². The Morgan fingerprint density at radius 1 is 1.12 bits per heavy atom. The molecule has 11 heteroatoms. The third-order valence-electron chi connectivity index (χ3n) is 3.02. The minimum atomic E-state index is -1.32. The van der Waals surface area contributed by atoms with Crippen molar-refractivity contribution in [3.63, 3.8) is 0 Å². The Labute approximate surface area is 135 Å². The zero-order valence-electron chi connectivity index (χ0n) is 12.8. The van der Waals surface area contributed by atoms with Crippen LogP contribution in [0.15, 0.2) is 24.3 Å². The third kappa shape index (κ3) is 3.88. The van der Waals surface area contributed by atoms with Gasteiger partial charge in [-0.2, -0.15) is 0 Å². The minimum Gasteiger partial charge on any atom is -0.454 e. The average Bonchev–Trinajstić information content (AvgIpc) is 2.50. The molecule has 128 valence electrons. The number of ether oxygens (including phenoxy) is 1. The van der Waals surface area contributed by atoms with Crippen molar-refractivity contribution in [3.8, 4) is 0 Å². The molecule has 1 aromatic carbocycles. The van der Waals surface area contributed by atoms with Gasteiger partial charge in [0, 0.05) is 5.57 Å². The summed E-state index contributed by atoms with van der Waals surface area (Å²) in [6.45, 7) is 6.19. The van der Waals surface area contributed by atoms with Crippen molar-refractivity contribution in [1.82, 2.24) is 0 Å². The van der Waals surface area contributed by atoms with Crippen molar-refractivity contribution in [1.29, 1.82) is 0 Å². The van der Waals surface area contributed by atoms with Crippen LogP contribution >= 0.6 is 0 Å². The lowest BCUT2D eigenvalue weighted by molar-refractivity contribution is -0.404. The fourth-order valence-corrected chi connectivity index (χ4v) is 1.92. The smallest absolute Gasteiger partial charge is 0.333 e. The van der Waals surface area contributed by atoms with Crippen LogP contribution in [0.25, 0.3) is 0 Å². The normalized spacial score (nSPS) is 11.4. The standard InChI is InChI=1S/C13H13N3O8/c1-4-11(24-13(17)7(2)3)12-9(15(20)21)5-8(14(18)19)6-10(12)16(22)23/h5-6,11H,2,4H2,1,3H3. The average molecular weight is 339 g/mol. The first-order chi connectivity index (χ1) is 11.1. The number of nitro groups is 3. The van der Waals surface area contributed by atoms with Crippen molar-refractivity contribution in [2.75, 3.05) is 0 Å². The van der Waals surface area contributed by atoms with E-state index >= 15 is 0 Å². The van der Waals surface area contributed by atoms with Gasteiger partial charge >= 0.3 is 5.97 Å². The lowest BCUT2D eigenvalue weighted by Crippen LogP contribution is -2.15. The second kappa shape index (κ2) is 7.26. The number of rotatable bonds is 7. The van der Waals surface area contributed by atoms with Gasteiger partial charge in [-0.1, -0.05) is 13.5 Å². The summed E-state index contributed by atoms with van der Waals surface area (Å²) in [6.07, 6.45) is -1.34. The molecule has 0 N–H and O–H groups in total. The van der Waals surface area contributed by atoms with Crippen molar-refractivity contribution in [2.45, 2.75) is 26.4 Å². The van der Waals surface area contributed by atoms with Crippen molar-refractivity contribution >= 4 is 23.0 Å². The highest BCUT2D eigenvalue weighted by molar-refractivity contribution is 5.87.